The monoisotopic (exact) mass is 969 g/mol. The lowest BCUT2D eigenvalue weighted by molar-refractivity contribution is 1.07. The Labute approximate surface area is 436 Å². The summed E-state index contributed by atoms with van der Waals surface area (Å²) in [5, 5.41) is 9.21. The summed E-state index contributed by atoms with van der Waals surface area (Å²) < 4.78 is 9.80. The largest absolute Gasteiger partial charge is 0.309 e. The second-order valence-corrected chi connectivity index (χ2v) is 19.5. The van der Waals surface area contributed by atoms with Gasteiger partial charge in [0.05, 0.1) is 55.4 Å². The highest BCUT2D eigenvalue weighted by molar-refractivity contribution is 6.30. The zero-order valence-corrected chi connectivity index (χ0v) is 41.0. The zero-order valence-electron chi connectivity index (χ0n) is 41.0. The molecule has 11 aromatic carbocycles. The molecule has 354 valence electrons. The Hall–Kier alpha value is -10.4. The fourth-order valence-electron chi connectivity index (χ4n) is 12.3. The second kappa shape index (κ2) is 16.6. The van der Waals surface area contributed by atoms with E-state index >= 15 is 0 Å². The van der Waals surface area contributed by atoms with Crippen LogP contribution in [-0.2, 0) is 0 Å². The molecule has 0 aliphatic heterocycles. The lowest BCUT2D eigenvalue weighted by Gasteiger charge is -2.17. The molecule has 0 unspecified atom stereocenters. The number of para-hydroxylation sites is 6. The van der Waals surface area contributed by atoms with Gasteiger partial charge in [-0.25, -0.2) is 15.0 Å². The highest BCUT2D eigenvalue weighted by Gasteiger charge is 2.29. The Bertz CT molecular complexity index is 4900. The minimum atomic E-state index is 0.574. The molecule has 76 heavy (non-hydrogen) atoms. The van der Waals surface area contributed by atoms with Crippen LogP contribution in [0.25, 0.3) is 144 Å². The van der Waals surface area contributed by atoms with E-state index in [-0.39, 0.29) is 0 Å². The van der Waals surface area contributed by atoms with Crippen molar-refractivity contribution < 1.29 is 0 Å². The number of aromatic nitrogens is 7. The van der Waals surface area contributed by atoms with E-state index in [1.54, 1.807) is 0 Å². The van der Waals surface area contributed by atoms with E-state index in [1.807, 2.05) is 36.4 Å². The average Bonchev–Trinajstić information content (AvgIpc) is 4.40. The first kappa shape index (κ1) is 42.2. The lowest BCUT2D eigenvalue weighted by Crippen LogP contribution is -2.04. The fraction of sp³-hybridized carbons (Fsp3) is 0. The van der Waals surface area contributed by atoms with Gasteiger partial charge in [-0.3, -0.25) is 0 Å². The molecule has 16 rings (SSSR count). The lowest BCUT2D eigenvalue weighted by atomic mass is 10.0. The maximum Gasteiger partial charge on any atom is 0.166 e. The van der Waals surface area contributed by atoms with Crippen LogP contribution < -0.4 is 0 Å². The van der Waals surface area contributed by atoms with Crippen molar-refractivity contribution >= 4 is 87.2 Å². The Morgan fingerprint density at radius 3 is 1.11 bits per heavy atom. The number of fused-ring (bicyclic) bond motifs is 14. The summed E-state index contributed by atoms with van der Waals surface area (Å²) in [4.78, 5) is 16.6. The molecule has 0 aliphatic rings. The van der Waals surface area contributed by atoms with E-state index in [0.717, 1.165) is 105 Å². The molecule has 5 heterocycles. The van der Waals surface area contributed by atoms with Crippen molar-refractivity contribution in [2.45, 2.75) is 0 Å². The minimum Gasteiger partial charge on any atom is -0.309 e. The highest BCUT2D eigenvalue weighted by atomic mass is 15.1. The van der Waals surface area contributed by atoms with Crippen LogP contribution in [0.2, 0.25) is 0 Å². The van der Waals surface area contributed by atoms with Gasteiger partial charge >= 0.3 is 0 Å². The SMILES string of the molecule is c1ccc(-c2nc(-c3ccccc3)nc(-c3c(-n4c5ccccc5c5c4ccc4c6ccccc6n(-c6ccccc6)c45)ccc4c3c3c(ccc5c6ccccc6n(-c6ccccc6)c53)n4-c3ccccc3)n2)cc1. The molecule has 0 amide bonds. The Morgan fingerprint density at radius 2 is 0.592 bits per heavy atom. The van der Waals surface area contributed by atoms with E-state index in [9.17, 15) is 0 Å². The third kappa shape index (κ3) is 6.14. The molecular formula is C69H43N7. The molecule has 0 atom stereocenters. The standard InChI is InChI=1S/C69H43N7/c1-6-22-44(23-7-1)67-70-68(45-24-8-2-9-25-45)72-69(71-67)64-60(76-56-37-21-18-34-53(56)61-57(76)40-38-51-49-32-16-19-35-54(49)74(65(51)61)47-28-12-4-13-29-47)43-42-58-62(64)63-59(73(58)46-26-10-3-11-27-46)41-39-52-50-33-17-20-36-55(50)75(66(52)63)48-30-14-5-15-31-48/h1-43H. The Balaban J connectivity index is 1.15. The smallest absolute Gasteiger partial charge is 0.166 e. The topological polar surface area (TPSA) is 58.4 Å². The summed E-state index contributed by atoms with van der Waals surface area (Å²) in [5.74, 6) is 1.77. The first-order valence-electron chi connectivity index (χ1n) is 25.8. The first-order chi connectivity index (χ1) is 37.8. The maximum absolute atomic E-state index is 5.65. The summed E-state index contributed by atoms with van der Waals surface area (Å²) in [6, 6.07) is 93.2. The van der Waals surface area contributed by atoms with Gasteiger partial charge in [0.2, 0.25) is 0 Å². The Kier molecular flexibility index (Phi) is 9.20. The number of benzene rings is 11. The minimum absolute atomic E-state index is 0.574. The molecule has 0 aliphatic carbocycles. The van der Waals surface area contributed by atoms with Gasteiger partial charge in [0.25, 0.3) is 0 Å². The zero-order chi connectivity index (χ0) is 49.8. The third-order valence-corrected chi connectivity index (χ3v) is 15.4. The number of rotatable bonds is 7. The molecule has 7 nitrogen and oxygen atoms in total. The normalized spacial score (nSPS) is 11.9. The molecule has 0 saturated heterocycles. The summed E-state index contributed by atoms with van der Waals surface area (Å²) in [6.45, 7) is 0. The van der Waals surface area contributed by atoms with E-state index in [2.05, 4.69) is 243 Å². The molecule has 0 spiro atoms. The summed E-state index contributed by atoms with van der Waals surface area (Å²) in [7, 11) is 0. The van der Waals surface area contributed by atoms with E-state index < -0.39 is 0 Å². The highest BCUT2D eigenvalue weighted by Crippen LogP contribution is 2.49. The van der Waals surface area contributed by atoms with Crippen LogP contribution in [0.4, 0.5) is 0 Å². The fourth-order valence-corrected chi connectivity index (χ4v) is 12.3. The van der Waals surface area contributed by atoms with Crippen LogP contribution in [0.5, 0.6) is 0 Å². The predicted molar refractivity (Wildman–Crippen MR) is 313 cm³/mol. The third-order valence-electron chi connectivity index (χ3n) is 15.4. The van der Waals surface area contributed by atoms with Crippen LogP contribution in [0.3, 0.4) is 0 Å². The quantitative estimate of drug-likeness (QED) is 0.160. The molecule has 0 radical (unpaired) electrons. The number of nitrogens with zero attached hydrogens (tertiary/aromatic N) is 7. The van der Waals surface area contributed by atoms with Crippen LogP contribution in [-0.4, -0.2) is 33.2 Å². The first-order valence-corrected chi connectivity index (χ1v) is 25.8. The number of hydrogen-bond acceptors (Lipinski definition) is 3. The second-order valence-electron chi connectivity index (χ2n) is 19.5. The summed E-state index contributed by atoms with van der Waals surface area (Å²) in [6.07, 6.45) is 0. The van der Waals surface area contributed by atoms with Crippen molar-refractivity contribution in [3.8, 4) is 56.9 Å². The van der Waals surface area contributed by atoms with E-state index in [1.165, 1.54) is 21.5 Å². The van der Waals surface area contributed by atoms with Gasteiger partial charge in [-0.05, 0) is 78.9 Å². The van der Waals surface area contributed by atoms with E-state index in [0.29, 0.717) is 17.5 Å². The summed E-state index contributed by atoms with van der Waals surface area (Å²) >= 11 is 0. The summed E-state index contributed by atoms with van der Waals surface area (Å²) in [5.41, 5.74) is 15.7. The molecule has 16 aromatic rings. The van der Waals surface area contributed by atoms with E-state index in [4.69, 9.17) is 15.0 Å². The molecule has 0 fully saturated rings. The molecule has 0 bridgehead atoms. The maximum atomic E-state index is 5.65. The van der Waals surface area contributed by atoms with Gasteiger partial charge < -0.3 is 18.3 Å². The van der Waals surface area contributed by atoms with Gasteiger partial charge in [-0.15, -0.1) is 0 Å². The molecular weight excluding hydrogens is 927 g/mol. The van der Waals surface area contributed by atoms with Crippen molar-refractivity contribution in [1.29, 1.82) is 0 Å². The molecule has 0 N–H and O–H groups in total. The van der Waals surface area contributed by atoms with Crippen molar-refractivity contribution in [3.05, 3.63) is 261 Å². The van der Waals surface area contributed by atoms with Crippen LogP contribution in [0.15, 0.2) is 261 Å². The van der Waals surface area contributed by atoms with Gasteiger partial charge in [0.1, 0.15) is 0 Å². The Morgan fingerprint density at radius 1 is 0.224 bits per heavy atom. The van der Waals surface area contributed by atoms with Gasteiger partial charge in [-0.1, -0.05) is 182 Å². The van der Waals surface area contributed by atoms with Gasteiger partial charge in [-0.2, -0.15) is 0 Å². The van der Waals surface area contributed by atoms with Crippen LogP contribution in [0, 0.1) is 0 Å². The molecule has 5 aromatic heterocycles. The molecule has 0 saturated carbocycles. The van der Waals surface area contributed by atoms with Crippen molar-refractivity contribution in [3.63, 3.8) is 0 Å². The predicted octanol–water partition coefficient (Wildman–Crippen LogP) is 17.3. The van der Waals surface area contributed by atoms with Gasteiger partial charge in [0.15, 0.2) is 17.5 Å². The van der Waals surface area contributed by atoms with Crippen LogP contribution >= 0.6 is 0 Å². The number of hydrogen-bond donors (Lipinski definition) is 0. The van der Waals surface area contributed by atoms with Crippen molar-refractivity contribution in [2.75, 3.05) is 0 Å². The molecule has 7 heteroatoms. The van der Waals surface area contributed by atoms with Crippen molar-refractivity contribution in [2.24, 2.45) is 0 Å². The van der Waals surface area contributed by atoms with Gasteiger partial charge in [0, 0.05) is 71.3 Å². The van der Waals surface area contributed by atoms with Crippen molar-refractivity contribution in [1.82, 2.24) is 33.2 Å². The van der Waals surface area contributed by atoms with Crippen LogP contribution in [0.1, 0.15) is 0 Å². The average molecular weight is 970 g/mol.